The lowest BCUT2D eigenvalue weighted by atomic mass is 9.94. The van der Waals surface area contributed by atoms with Crippen molar-refractivity contribution in [3.8, 4) is 44.5 Å². The van der Waals surface area contributed by atoms with Gasteiger partial charge in [0.2, 0.25) is 0 Å². The second kappa shape index (κ2) is 12.7. The second-order valence-corrected chi connectivity index (χ2v) is 11.8. The highest BCUT2D eigenvalue weighted by atomic mass is 15.1. The molecule has 0 radical (unpaired) electrons. The molecular formula is C46H33N. The van der Waals surface area contributed by atoms with E-state index in [1.54, 1.807) is 0 Å². The van der Waals surface area contributed by atoms with Gasteiger partial charge < -0.3 is 4.90 Å². The van der Waals surface area contributed by atoms with Gasteiger partial charge in [-0.05, 0) is 92.2 Å². The van der Waals surface area contributed by atoms with Crippen molar-refractivity contribution in [1.82, 2.24) is 0 Å². The zero-order valence-electron chi connectivity index (χ0n) is 26.0. The molecular weight excluding hydrogens is 567 g/mol. The maximum atomic E-state index is 2.40. The zero-order valence-corrected chi connectivity index (χ0v) is 26.0. The van der Waals surface area contributed by atoms with E-state index in [0.29, 0.717) is 0 Å². The molecule has 222 valence electrons. The molecule has 8 aromatic rings. The standard InChI is InChI=1S/C46H33N/c1-4-16-34(17-5-1)39-31-40(35-18-6-2-7-19-35)33-42(32-39)47(41-24-8-3-9-25-41)46-29-13-12-27-45(46)38-23-14-22-37(30-38)44-28-15-21-36-20-10-11-26-43(36)44/h1-33H. The number of anilines is 3. The molecule has 0 aliphatic carbocycles. The summed E-state index contributed by atoms with van der Waals surface area (Å²) in [5.41, 5.74) is 12.9. The van der Waals surface area contributed by atoms with E-state index in [2.05, 4.69) is 205 Å². The summed E-state index contributed by atoms with van der Waals surface area (Å²) in [6.45, 7) is 0. The van der Waals surface area contributed by atoms with Crippen LogP contribution in [0.2, 0.25) is 0 Å². The minimum Gasteiger partial charge on any atom is -0.310 e. The predicted octanol–water partition coefficient (Wildman–Crippen LogP) is 13.0. The van der Waals surface area contributed by atoms with Gasteiger partial charge in [0, 0.05) is 16.9 Å². The average Bonchev–Trinajstić information content (AvgIpc) is 3.16. The smallest absolute Gasteiger partial charge is 0.0540 e. The third kappa shape index (κ3) is 5.72. The monoisotopic (exact) mass is 599 g/mol. The van der Waals surface area contributed by atoms with E-state index in [-0.39, 0.29) is 0 Å². The molecule has 0 spiro atoms. The van der Waals surface area contributed by atoms with Crippen LogP contribution in [-0.4, -0.2) is 0 Å². The molecule has 0 heterocycles. The lowest BCUT2D eigenvalue weighted by Crippen LogP contribution is -2.11. The van der Waals surface area contributed by atoms with Crippen molar-refractivity contribution in [3.05, 3.63) is 200 Å². The zero-order chi connectivity index (χ0) is 31.4. The molecule has 0 aliphatic heterocycles. The van der Waals surface area contributed by atoms with Crippen molar-refractivity contribution in [2.75, 3.05) is 4.90 Å². The topological polar surface area (TPSA) is 3.24 Å². The van der Waals surface area contributed by atoms with Crippen LogP contribution in [0.15, 0.2) is 200 Å². The minimum atomic E-state index is 1.11. The molecule has 0 amide bonds. The number of hydrogen-bond donors (Lipinski definition) is 0. The summed E-state index contributed by atoms with van der Waals surface area (Å²) in [5.74, 6) is 0. The summed E-state index contributed by atoms with van der Waals surface area (Å²) in [6, 6.07) is 71.9. The largest absolute Gasteiger partial charge is 0.310 e. The summed E-state index contributed by atoms with van der Waals surface area (Å²) in [6.07, 6.45) is 0. The van der Waals surface area contributed by atoms with E-state index in [1.807, 2.05) is 0 Å². The first-order valence-electron chi connectivity index (χ1n) is 16.1. The SMILES string of the molecule is c1ccc(-c2cc(-c3ccccc3)cc(N(c3ccccc3)c3ccccc3-c3cccc(-c4cccc5ccccc45)c3)c2)cc1. The molecule has 0 saturated heterocycles. The quantitative estimate of drug-likeness (QED) is 0.176. The Kier molecular flexibility index (Phi) is 7.63. The highest BCUT2D eigenvalue weighted by molar-refractivity contribution is 5.98. The Balaban J connectivity index is 1.33. The van der Waals surface area contributed by atoms with Crippen LogP contribution < -0.4 is 4.90 Å². The van der Waals surface area contributed by atoms with Crippen LogP contribution in [0.4, 0.5) is 17.1 Å². The molecule has 47 heavy (non-hydrogen) atoms. The van der Waals surface area contributed by atoms with Crippen molar-refractivity contribution >= 4 is 27.8 Å². The Morgan fingerprint density at radius 3 is 1.45 bits per heavy atom. The normalized spacial score (nSPS) is 11.0. The maximum Gasteiger partial charge on any atom is 0.0540 e. The van der Waals surface area contributed by atoms with Crippen LogP contribution in [0, 0.1) is 0 Å². The molecule has 0 saturated carbocycles. The Morgan fingerprint density at radius 2 is 0.745 bits per heavy atom. The van der Waals surface area contributed by atoms with Crippen molar-refractivity contribution in [2.45, 2.75) is 0 Å². The highest BCUT2D eigenvalue weighted by Gasteiger charge is 2.19. The number of nitrogens with zero attached hydrogens (tertiary/aromatic N) is 1. The fraction of sp³-hybridized carbons (Fsp3) is 0. The van der Waals surface area contributed by atoms with E-state index in [0.717, 1.165) is 17.1 Å². The Morgan fingerprint density at radius 1 is 0.277 bits per heavy atom. The number of para-hydroxylation sites is 2. The van der Waals surface area contributed by atoms with Gasteiger partial charge in [0.15, 0.2) is 0 Å². The first-order valence-corrected chi connectivity index (χ1v) is 16.1. The molecule has 1 heteroatoms. The average molecular weight is 600 g/mol. The molecule has 0 bridgehead atoms. The van der Waals surface area contributed by atoms with E-state index >= 15 is 0 Å². The van der Waals surface area contributed by atoms with Gasteiger partial charge in [-0.25, -0.2) is 0 Å². The molecule has 1 nitrogen and oxygen atoms in total. The molecule has 8 rings (SSSR count). The highest BCUT2D eigenvalue weighted by Crippen LogP contribution is 2.44. The van der Waals surface area contributed by atoms with Gasteiger partial charge in [-0.3, -0.25) is 0 Å². The summed E-state index contributed by atoms with van der Waals surface area (Å²) >= 11 is 0. The van der Waals surface area contributed by atoms with Crippen molar-refractivity contribution < 1.29 is 0 Å². The summed E-state index contributed by atoms with van der Waals surface area (Å²) in [4.78, 5) is 2.40. The molecule has 0 fully saturated rings. The van der Waals surface area contributed by atoms with Gasteiger partial charge >= 0.3 is 0 Å². The minimum absolute atomic E-state index is 1.11. The van der Waals surface area contributed by atoms with Crippen LogP contribution in [0.5, 0.6) is 0 Å². The Bertz CT molecular complexity index is 2230. The first-order chi connectivity index (χ1) is 23.3. The number of benzene rings is 8. The molecule has 0 unspecified atom stereocenters. The van der Waals surface area contributed by atoms with E-state index in [4.69, 9.17) is 0 Å². The van der Waals surface area contributed by atoms with Gasteiger partial charge in [0.25, 0.3) is 0 Å². The Labute approximate surface area is 276 Å². The van der Waals surface area contributed by atoms with E-state index < -0.39 is 0 Å². The van der Waals surface area contributed by atoms with Gasteiger partial charge in [0.1, 0.15) is 0 Å². The third-order valence-electron chi connectivity index (χ3n) is 8.82. The van der Waals surface area contributed by atoms with Gasteiger partial charge in [-0.15, -0.1) is 0 Å². The first kappa shape index (κ1) is 28.3. The predicted molar refractivity (Wildman–Crippen MR) is 200 cm³/mol. The second-order valence-electron chi connectivity index (χ2n) is 11.8. The summed E-state index contributed by atoms with van der Waals surface area (Å²) in [5, 5.41) is 2.51. The van der Waals surface area contributed by atoms with Gasteiger partial charge in [-0.1, -0.05) is 158 Å². The summed E-state index contributed by atoms with van der Waals surface area (Å²) < 4.78 is 0. The maximum absolute atomic E-state index is 2.40. The number of hydrogen-bond acceptors (Lipinski definition) is 1. The Hall–Kier alpha value is -6.18. The number of rotatable bonds is 7. The molecule has 8 aromatic carbocycles. The molecule has 0 atom stereocenters. The lowest BCUT2D eigenvalue weighted by Gasteiger charge is -2.29. The van der Waals surface area contributed by atoms with E-state index in [9.17, 15) is 0 Å². The lowest BCUT2D eigenvalue weighted by molar-refractivity contribution is 1.28. The molecule has 0 aromatic heterocycles. The van der Waals surface area contributed by atoms with Crippen molar-refractivity contribution in [2.24, 2.45) is 0 Å². The van der Waals surface area contributed by atoms with Gasteiger partial charge in [0.05, 0.1) is 5.69 Å². The van der Waals surface area contributed by atoms with Crippen molar-refractivity contribution in [1.29, 1.82) is 0 Å². The molecule has 0 aliphatic rings. The van der Waals surface area contributed by atoms with Crippen LogP contribution in [0.1, 0.15) is 0 Å². The molecule has 0 N–H and O–H groups in total. The summed E-state index contributed by atoms with van der Waals surface area (Å²) in [7, 11) is 0. The van der Waals surface area contributed by atoms with Crippen LogP contribution in [0.3, 0.4) is 0 Å². The van der Waals surface area contributed by atoms with Crippen LogP contribution >= 0.6 is 0 Å². The van der Waals surface area contributed by atoms with Crippen LogP contribution in [-0.2, 0) is 0 Å². The number of fused-ring (bicyclic) bond motifs is 1. The fourth-order valence-corrected chi connectivity index (χ4v) is 6.58. The van der Waals surface area contributed by atoms with Crippen molar-refractivity contribution in [3.63, 3.8) is 0 Å². The van der Waals surface area contributed by atoms with Crippen LogP contribution in [0.25, 0.3) is 55.3 Å². The van der Waals surface area contributed by atoms with Gasteiger partial charge in [-0.2, -0.15) is 0 Å². The third-order valence-corrected chi connectivity index (χ3v) is 8.82. The van der Waals surface area contributed by atoms with E-state index in [1.165, 1.54) is 55.3 Å². The fourth-order valence-electron chi connectivity index (χ4n) is 6.58.